The van der Waals surface area contributed by atoms with Crippen molar-refractivity contribution in [3.63, 3.8) is 0 Å². The third-order valence-corrected chi connectivity index (χ3v) is 9.03. The molecule has 0 spiro atoms. The lowest BCUT2D eigenvalue weighted by molar-refractivity contribution is -0.238. The Morgan fingerprint density at radius 2 is 1.04 bits per heavy atom. The summed E-state index contributed by atoms with van der Waals surface area (Å²) < 4.78 is 103. The molecule has 12 nitrogen and oxygen atoms in total. The number of ether oxygens (including phenoxy) is 9. The zero-order chi connectivity index (χ0) is 35.3. The van der Waals surface area contributed by atoms with Crippen molar-refractivity contribution in [3.8, 4) is 0 Å². The quantitative estimate of drug-likeness (QED) is 0.0594. The Kier molecular flexibility index (Phi) is 15.3. The van der Waals surface area contributed by atoms with E-state index in [-0.39, 0.29) is 71.7 Å². The van der Waals surface area contributed by atoms with Gasteiger partial charge in [0.15, 0.2) is 0 Å². The van der Waals surface area contributed by atoms with Crippen LogP contribution in [0.5, 0.6) is 0 Å². The first-order valence-corrected chi connectivity index (χ1v) is 16.3. The molecule has 0 radical (unpaired) electrons. The molecule has 278 valence electrons. The predicted octanol–water partition coefficient (Wildman–Crippen LogP) is 3.76. The van der Waals surface area contributed by atoms with Gasteiger partial charge in [-0.3, -0.25) is 14.4 Å². The van der Waals surface area contributed by atoms with E-state index in [1.807, 2.05) is 0 Å². The highest BCUT2D eigenvalue weighted by Crippen LogP contribution is 2.68. The lowest BCUT2D eigenvalue weighted by Crippen LogP contribution is -2.65. The van der Waals surface area contributed by atoms with Gasteiger partial charge in [0, 0.05) is 40.4 Å². The number of esters is 3. The second-order valence-electron chi connectivity index (χ2n) is 13.0. The maximum atomic E-state index is 13.9. The van der Waals surface area contributed by atoms with Gasteiger partial charge in [0.25, 0.3) is 0 Å². The average Bonchev–Trinajstić information content (AvgIpc) is 3.00. The van der Waals surface area contributed by atoms with Gasteiger partial charge in [-0.1, -0.05) is 0 Å². The van der Waals surface area contributed by atoms with E-state index < -0.39 is 59.0 Å². The fourth-order valence-corrected chi connectivity index (χ4v) is 7.31. The molecule has 0 N–H and O–H groups in total. The van der Waals surface area contributed by atoms with E-state index in [0.29, 0.717) is 58.9 Å². The van der Waals surface area contributed by atoms with Crippen LogP contribution < -0.4 is 0 Å². The maximum Gasteiger partial charge on any atom is 0.312 e. The van der Waals surface area contributed by atoms with Crippen LogP contribution in [0.2, 0.25) is 0 Å². The summed E-state index contributed by atoms with van der Waals surface area (Å²) in [7, 11) is 3.13. The number of rotatable bonds is 25. The number of halogens is 4. The number of carbonyl (C=O) groups excluding carboxylic acids is 3. The second kappa shape index (κ2) is 18.2. The van der Waals surface area contributed by atoms with E-state index >= 15 is 0 Å². The second-order valence-corrected chi connectivity index (χ2v) is 13.0. The zero-order valence-corrected chi connectivity index (χ0v) is 28.1. The largest absolute Gasteiger partial charge is 0.463 e. The monoisotopic (exact) mass is 702 g/mol. The summed E-state index contributed by atoms with van der Waals surface area (Å²) in [5, 5.41) is 0. The number of hydrogen-bond acceptors (Lipinski definition) is 12. The lowest BCUT2D eigenvalue weighted by Gasteiger charge is -2.63. The smallest absolute Gasteiger partial charge is 0.312 e. The van der Waals surface area contributed by atoms with Gasteiger partial charge in [-0.25, -0.2) is 8.78 Å². The van der Waals surface area contributed by atoms with E-state index in [9.17, 15) is 31.9 Å². The van der Waals surface area contributed by atoms with Crippen LogP contribution in [0.3, 0.4) is 0 Å². The van der Waals surface area contributed by atoms with Crippen LogP contribution in [-0.4, -0.2) is 129 Å². The van der Waals surface area contributed by atoms with Gasteiger partial charge in [-0.2, -0.15) is 8.78 Å². The van der Waals surface area contributed by atoms with Crippen LogP contribution in [0, 0.1) is 16.7 Å². The van der Waals surface area contributed by atoms with Crippen molar-refractivity contribution in [2.24, 2.45) is 16.7 Å². The van der Waals surface area contributed by atoms with Crippen molar-refractivity contribution in [1.82, 2.24) is 0 Å². The molecule has 16 heteroatoms. The number of hydrogen-bond donors (Lipinski definition) is 0. The van der Waals surface area contributed by atoms with Gasteiger partial charge in [-0.05, 0) is 31.6 Å². The highest BCUT2D eigenvalue weighted by atomic mass is 19.3. The van der Waals surface area contributed by atoms with Crippen molar-refractivity contribution in [1.29, 1.82) is 0 Å². The number of alkyl halides is 4. The van der Waals surface area contributed by atoms with E-state index in [4.69, 9.17) is 42.6 Å². The Morgan fingerprint density at radius 3 is 1.46 bits per heavy atom. The SMILES string of the molecule is COCCOCCOCCOC(=O)C12CC3CC(OC(=O)CCC(F)(F)C(C)(F)F)(C1)CC(C(=O)OCCOCCOCCOC)(C3)C2. The molecule has 0 amide bonds. The van der Waals surface area contributed by atoms with Crippen LogP contribution in [-0.2, 0) is 57.0 Å². The summed E-state index contributed by atoms with van der Waals surface area (Å²) in [5.41, 5.74) is -3.78. The van der Waals surface area contributed by atoms with E-state index in [1.165, 1.54) is 0 Å². The van der Waals surface area contributed by atoms with Crippen LogP contribution in [0.1, 0.15) is 58.3 Å². The zero-order valence-electron chi connectivity index (χ0n) is 28.1. The van der Waals surface area contributed by atoms with Gasteiger partial charge in [-0.15, -0.1) is 0 Å². The van der Waals surface area contributed by atoms with Gasteiger partial charge >= 0.3 is 29.8 Å². The van der Waals surface area contributed by atoms with Crippen molar-refractivity contribution < 1.29 is 74.6 Å². The summed E-state index contributed by atoms with van der Waals surface area (Å²) >= 11 is 0. The van der Waals surface area contributed by atoms with Gasteiger partial charge in [0.1, 0.15) is 18.8 Å². The van der Waals surface area contributed by atoms with Gasteiger partial charge in [0.05, 0.1) is 83.3 Å². The molecule has 4 aliphatic carbocycles. The topological polar surface area (TPSA) is 134 Å². The minimum atomic E-state index is -4.42. The molecule has 4 fully saturated rings. The van der Waals surface area contributed by atoms with E-state index in [2.05, 4.69) is 0 Å². The molecule has 2 atom stereocenters. The minimum absolute atomic E-state index is 0.0107. The number of methoxy groups -OCH3 is 2. The van der Waals surface area contributed by atoms with E-state index in [1.54, 1.807) is 14.2 Å². The molecule has 0 aromatic carbocycles. The highest BCUT2D eigenvalue weighted by Gasteiger charge is 2.70. The first kappa shape index (κ1) is 40.3. The van der Waals surface area contributed by atoms with Crippen LogP contribution in [0.25, 0.3) is 0 Å². The third kappa shape index (κ3) is 11.2. The first-order chi connectivity index (χ1) is 22.7. The summed E-state index contributed by atoms with van der Waals surface area (Å²) in [6.45, 7) is 3.09. The predicted molar refractivity (Wildman–Crippen MR) is 159 cm³/mol. The van der Waals surface area contributed by atoms with Crippen LogP contribution in [0.4, 0.5) is 17.6 Å². The summed E-state index contributed by atoms with van der Waals surface area (Å²) in [5.74, 6) is -11.3. The average molecular weight is 703 g/mol. The Morgan fingerprint density at radius 1 is 0.625 bits per heavy atom. The summed E-state index contributed by atoms with van der Waals surface area (Å²) in [6.07, 6.45) is -1.21. The lowest BCUT2D eigenvalue weighted by atomic mass is 9.42. The fourth-order valence-electron chi connectivity index (χ4n) is 7.31. The molecule has 0 saturated heterocycles. The van der Waals surface area contributed by atoms with Crippen molar-refractivity contribution in [3.05, 3.63) is 0 Å². The number of carbonyl (C=O) groups is 3. The molecule has 0 aliphatic heterocycles. The molecule has 4 bridgehead atoms. The van der Waals surface area contributed by atoms with Crippen molar-refractivity contribution in [2.75, 3.05) is 93.5 Å². The first-order valence-electron chi connectivity index (χ1n) is 16.3. The molecule has 0 aromatic heterocycles. The Hall–Kier alpha value is -2.11. The molecule has 4 aliphatic rings. The van der Waals surface area contributed by atoms with Crippen LogP contribution in [0.15, 0.2) is 0 Å². The third-order valence-electron chi connectivity index (χ3n) is 9.03. The molecular formula is C32H50F4O12. The Labute approximate surface area is 278 Å². The molecule has 0 aromatic rings. The standard InChI is InChI=1S/C32H50F4O12/c1-28(33,34)32(35,36)5-4-25(37)48-31-20-24-18-29(22-31,26(38)46-16-14-44-12-10-42-8-6-40-2)21-30(19-24,23-31)27(39)47-17-15-45-13-11-43-9-7-41-3/h24H,4-23H2,1-3H3. The Bertz CT molecular complexity index is 989. The molecule has 4 rings (SSSR count). The van der Waals surface area contributed by atoms with Crippen molar-refractivity contribution >= 4 is 17.9 Å². The molecule has 48 heavy (non-hydrogen) atoms. The van der Waals surface area contributed by atoms with Crippen molar-refractivity contribution in [2.45, 2.75) is 75.7 Å². The molecule has 0 heterocycles. The summed E-state index contributed by atoms with van der Waals surface area (Å²) in [6, 6.07) is 0. The highest BCUT2D eigenvalue weighted by molar-refractivity contribution is 5.84. The van der Waals surface area contributed by atoms with Gasteiger partial charge < -0.3 is 42.6 Å². The van der Waals surface area contributed by atoms with E-state index in [0.717, 1.165) is 0 Å². The van der Waals surface area contributed by atoms with Gasteiger partial charge in [0.2, 0.25) is 0 Å². The molecule has 4 saturated carbocycles. The maximum absolute atomic E-state index is 13.9. The summed E-state index contributed by atoms with van der Waals surface area (Å²) in [4.78, 5) is 40.2. The Balaban J connectivity index is 1.64. The fraction of sp³-hybridized carbons (Fsp3) is 0.906. The van der Waals surface area contributed by atoms with Crippen LogP contribution >= 0.6 is 0 Å². The molecular weight excluding hydrogens is 652 g/mol. The minimum Gasteiger partial charge on any atom is -0.463 e. The molecule has 2 unspecified atom stereocenters. The normalized spacial score (nSPS) is 26.4.